The van der Waals surface area contributed by atoms with E-state index >= 15 is 0 Å². The fourth-order valence-electron chi connectivity index (χ4n) is 3.28. The monoisotopic (exact) mass is 397 g/mol. The summed E-state index contributed by atoms with van der Waals surface area (Å²) in [6, 6.07) is 15.8. The Balaban J connectivity index is 1.57. The molecule has 6 heteroatoms. The lowest BCUT2D eigenvalue weighted by Crippen LogP contribution is -2.46. The van der Waals surface area contributed by atoms with Gasteiger partial charge in [0.1, 0.15) is 0 Å². The highest BCUT2D eigenvalue weighted by Crippen LogP contribution is 2.23. The zero-order chi connectivity index (χ0) is 19.9. The van der Waals surface area contributed by atoms with Crippen LogP contribution < -0.4 is 16.0 Å². The molecule has 2 amide bonds. The Kier molecular flexibility index (Phi) is 7.12. The van der Waals surface area contributed by atoms with Gasteiger partial charge in [0.25, 0.3) is 5.91 Å². The maximum absolute atomic E-state index is 12.8. The first-order valence-corrected chi connectivity index (χ1v) is 10.6. The highest BCUT2D eigenvalue weighted by atomic mass is 32.2. The molecule has 1 aliphatic rings. The van der Waals surface area contributed by atoms with Crippen LogP contribution in [0.1, 0.15) is 35.7 Å². The van der Waals surface area contributed by atoms with Gasteiger partial charge in [0.15, 0.2) is 0 Å². The number of thioether (sulfide) groups is 1. The van der Waals surface area contributed by atoms with Crippen LogP contribution in [0.25, 0.3) is 0 Å². The lowest BCUT2D eigenvalue weighted by atomic mass is 10.0. The fourth-order valence-corrected chi connectivity index (χ4v) is 4.13. The molecule has 0 aromatic heterocycles. The van der Waals surface area contributed by atoms with Gasteiger partial charge in [-0.15, -0.1) is 11.8 Å². The minimum Gasteiger partial charge on any atom is -0.349 e. The average molecular weight is 398 g/mol. The zero-order valence-electron chi connectivity index (χ0n) is 16.3. The van der Waals surface area contributed by atoms with E-state index < -0.39 is 0 Å². The Morgan fingerprint density at radius 3 is 2.64 bits per heavy atom. The predicted octanol–water partition coefficient (Wildman–Crippen LogP) is 3.60. The number of benzene rings is 2. The SMILES string of the molecule is Cc1ccc(NC(=O)CSc2ccccc2C(=O)NC2CCNC(C)C2)cc1. The zero-order valence-corrected chi connectivity index (χ0v) is 17.1. The van der Waals surface area contributed by atoms with Crippen molar-refractivity contribution in [2.24, 2.45) is 0 Å². The largest absolute Gasteiger partial charge is 0.349 e. The van der Waals surface area contributed by atoms with E-state index in [1.54, 1.807) is 0 Å². The Labute approximate surface area is 170 Å². The summed E-state index contributed by atoms with van der Waals surface area (Å²) in [4.78, 5) is 25.8. The Morgan fingerprint density at radius 2 is 1.89 bits per heavy atom. The van der Waals surface area contributed by atoms with Gasteiger partial charge in [0.05, 0.1) is 11.3 Å². The number of rotatable bonds is 6. The molecular formula is C22H27N3O2S. The van der Waals surface area contributed by atoms with Crippen molar-refractivity contribution in [2.75, 3.05) is 17.6 Å². The van der Waals surface area contributed by atoms with Crippen LogP contribution in [0.5, 0.6) is 0 Å². The highest BCUT2D eigenvalue weighted by molar-refractivity contribution is 8.00. The molecule has 3 N–H and O–H groups in total. The van der Waals surface area contributed by atoms with E-state index in [0.717, 1.165) is 35.5 Å². The van der Waals surface area contributed by atoms with Crippen molar-refractivity contribution < 1.29 is 9.59 Å². The number of carbonyl (C=O) groups is 2. The number of nitrogens with one attached hydrogen (secondary N) is 3. The molecule has 1 aliphatic heterocycles. The molecule has 2 atom stereocenters. The first-order chi connectivity index (χ1) is 13.5. The summed E-state index contributed by atoms with van der Waals surface area (Å²) in [7, 11) is 0. The van der Waals surface area contributed by atoms with Gasteiger partial charge in [-0.1, -0.05) is 29.8 Å². The number of piperidine rings is 1. The quantitative estimate of drug-likeness (QED) is 0.652. The van der Waals surface area contributed by atoms with Crippen LogP contribution in [0.4, 0.5) is 5.69 Å². The molecule has 0 spiro atoms. The second kappa shape index (κ2) is 9.75. The summed E-state index contributed by atoms with van der Waals surface area (Å²) < 4.78 is 0. The summed E-state index contributed by atoms with van der Waals surface area (Å²) in [5, 5.41) is 9.43. The number of amides is 2. The minimum absolute atomic E-state index is 0.0684. The first-order valence-electron chi connectivity index (χ1n) is 9.64. The van der Waals surface area contributed by atoms with Crippen LogP contribution >= 0.6 is 11.8 Å². The number of hydrogen-bond donors (Lipinski definition) is 3. The highest BCUT2D eigenvalue weighted by Gasteiger charge is 2.21. The van der Waals surface area contributed by atoms with Crippen molar-refractivity contribution in [3.63, 3.8) is 0 Å². The van der Waals surface area contributed by atoms with Crippen LogP contribution in [0.15, 0.2) is 53.4 Å². The second-order valence-corrected chi connectivity index (χ2v) is 8.27. The van der Waals surface area contributed by atoms with Gasteiger partial charge in [0, 0.05) is 22.7 Å². The third-order valence-corrected chi connectivity index (χ3v) is 5.86. The van der Waals surface area contributed by atoms with E-state index in [2.05, 4.69) is 22.9 Å². The van der Waals surface area contributed by atoms with Crippen LogP contribution in [0.3, 0.4) is 0 Å². The molecule has 0 aliphatic carbocycles. The summed E-state index contributed by atoms with van der Waals surface area (Å²) >= 11 is 1.38. The van der Waals surface area contributed by atoms with Crippen molar-refractivity contribution in [3.8, 4) is 0 Å². The van der Waals surface area contributed by atoms with Crippen LogP contribution in [-0.2, 0) is 4.79 Å². The van der Waals surface area contributed by atoms with Crippen LogP contribution in [0, 0.1) is 6.92 Å². The number of aryl methyl sites for hydroxylation is 1. The van der Waals surface area contributed by atoms with Gasteiger partial charge >= 0.3 is 0 Å². The van der Waals surface area contributed by atoms with E-state index in [4.69, 9.17) is 0 Å². The van der Waals surface area contributed by atoms with Crippen molar-refractivity contribution >= 4 is 29.3 Å². The van der Waals surface area contributed by atoms with Gasteiger partial charge in [-0.05, 0) is 57.5 Å². The van der Waals surface area contributed by atoms with Gasteiger partial charge in [0.2, 0.25) is 5.91 Å². The van der Waals surface area contributed by atoms with Crippen molar-refractivity contribution in [1.82, 2.24) is 10.6 Å². The summed E-state index contributed by atoms with van der Waals surface area (Å²) in [6.45, 7) is 5.06. The summed E-state index contributed by atoms with van der Waals surface area (Å²) in [5.41, 5.74) is 2.56. The Bertz CT molecular complexity index is 823. The standard InChI is InChI=1S/C22H27N3O2S/c1-15-7-9-17(10-8-15)24-21(26)14-28-20-6-4-3-5-19(20)22(27)25-18-11-12-23-16(2)13-18/h3-10,16,18,23H,11-14H2,1-2H3,(H,24,26)(H,25,27). The molecule has 2 aromatic rings. The number of anilines is 1. The Morgan fingerprint density at radius 1 is 1.14 bits per heavy atom. The number of hydrogen-bond acceptors (Lipinski definition) is 4. The van der Waals surface area contributed by atoms with Crippen molar-refractivity contribution in [3.05, 3.63) is 59.7 Å². The van der Waals surface area contributed by atoms with Gasteiger partial charge in [-0.2, -0.15) is 0 Å². The number of carbonyl (C=O) groups excluding carboxylic acids is 2. The van der Waals surface area contributed by atoms with Crippen LogP contribution in [0.2, 0.25) is 0 Å². The second-order valence-electron chi connectivity index (χ2n) is 7.25. The fraction of sp³-hybridized carbons (Fsp3) is 0.364. The molecule has 3 rings (SSSR count). The molecular weight excluding hydrogens is 370 g/mol. The maximum atomic E-state index is 12.8. The van der Waals surface area contributed by atoms with Crippen molar-refractivity contribution in [1.29, 1.82) is 0 Å². The lowest BCUT2D eigenvalue weighted by Gasteiger charge is -2.28. The molecule has 28 heavy (non-hydrogen) atoms. The molecule has 0 radical (unpaired) electrons. The van der Waals surface area contributed by atoms with Crippen LogP contribution in [-0.4, -0.2) is 36.2 Å². The minimum atomic E-state index is -0.0868. The van der Waals surface area contributed by atoms with Gasteiger partial charge < -0.3 is 16.0 Å². The topological polar surface area (TPSA) is 70.2 Å². The Hall–Kier alpha value is -2.31. The van der Waals surface area contributed by atoms with E-state index in [1.165, 1.54) is 11.8 Å². The first kappa shape index (κ1) is 20.4. The molecule has 1 fully saturated rings. The molecule has 0 saturated carbocycles. The van der Waals surface area contributed by atoms with Gasteiger partial charge in [-0.25, -0.2) is 0 Å². The average Bonchev–Trinajstić information content (AvgIpc) is 2.68. The molecule has 1 saturated heterocycles. The predicted molar refractivity (Wildman–Crippen MR) is 115 cm³/mol. The van der Waals surface area contributed by atoms with E-state index in [-0.39, 0.29) is 23.6 Å². The molecule has 0 bridgehead atoms. The maximum Gasteiger partial charge on any atom is 0.252 e. The van der Waals surface area contributed by atoms with E-state index in [1.807, 2.05) is 55.5 Å². The molecule has 1 heterocycles. The lowest BCUT2D eigenvalue weighted by molar-refractivity contribution is -0.113. The normalized spacial score (nSPS) is 19.1. The van der Waals surface area contributed by atoms with E-state index in [9.17, 15) is 9.59 Å². The van der Waals surface area contributed by atoms with Crippen molar-refractivity contribution in [2.45, 2.75) is 43.7 Å². The third-order valence-electron chi connectivity index (χ3n) is 4.78. The molecule has 148 valence electrons. The third kappa shape index (κ3) is 5.84. The molecule has 2 aromatic carbocycles. The van der Waals surface area contributed by atoms with Gasteiger partial charge in [-0.3, -0.25) is 9.59 Å². The molecule has 2 unspecified atom stereocenters. The molecule has 5 nitrogen and oxygen atoms in total. The summed E-state index contributed by atoms with van der Waals surface area (Å²) in [5.74, 6) is 0.0973. The van der Waals surface area contributed by atoms with E-state index in [0.29, 0.717) is 11.6 Å². The summed E-state index contributed by atoms with van der Waals surface area (Å²) in [6.07, 6.45) is 1.87. The smallest absolute Gasteiger partial charge is 0.252 e.